The van der Waals surface area contributed by atoms with E-state index in [0.29, 0.717) is 6.54 Å². The first-order valence-electron chi connectivity index (χ1n) is 8.09. The van der Waals surface area contributed by atoms with Crippen molar-refractivity contribution in [3.8, 4) is 0 Å². The number of benzene rings is 1. The Bertz CT molecular complexity index is 436. The van der Waals surface area contributed by atoms with Crippen LogP contribution < -0.4 is 5.73 Å². The number of nitrogens with two attached hydrogens (primary N) is 1. The molecule has 1 aliphatic rings. The monoisotopic (exact) mass is 289 g/mol. The smallest absolute Gasteiger partial charge is 0.320 e. The number of amides is 2. The molecule has 0 spiro atoms. The molecule has 0 bridgehead atoms. The second-order valence-corrected chi connectivity index (χ2v) is 5.85. The van der Waals surface area contributed by atoms with Crippen LogP contribution in [0.5, 0.6) is 0 Å². The highest BCUT2D eigenvalue weighted by Crippen LogP contribution is 2.15. The van der Waals surface area contributed by atoms with Crippen molar-refractivity contribution in [3.05, 3.63) is 29.8 Å². The van der Waals surface area contributed by atoms with Crippen LogP contribution in [0.1, 0.15) is 44.6 Å². The van der Waals surface area contributed by atoms with Gasteiger partial charge in [0.2, 0.25) is 0 Å². The summed E-state index contributed by atoms with van der Waals surface area (Å²) in [5.41, 5.74) is 7.62. The van der Waals surface area contributed by atoms with Crippen LogP contribution in [0.25, 0.3) is 0 Å². The van der Waals surface area contributed by atoms with E-state index < -0.39 is 0 Å². The quantitative estimate of drug-likeness (QED) is 0.863. The molecular formula is C17H27N3O. The highest BCUT2D eigenvalue weighted by Gasteiger charge is 2.21. The zero-order valence-corrected chi connectivity index (χ0v) is 13.1. The molecular weight excluding hydrogens is 262 g/mol. The summed E-state index contributed by atoms with van der Waals surface area (Å²) >= 11 is 0. The van der Waals surface area contributed by atoms with E-state index in [-0.39, 0.29) is 6.03 Å². The largest absolute Gasteiger partial charge is 0.399 e. The Morgan fingerprint density at radius 1 is 1.14 bits per heavy atom. The van der Waals surface area contributed by atoms with Crippen molar-refractivity contribution in [2.45, 2.75) is 45.6 Å². The van der Waals surface area contributed by atoms with Gasteiger partial charge >= 0.3 is 6.03 Å². The Balaban J connectivity index is 2.02. The number of carbonyl (C=O) groups excluding carboxylic acids is 1. The number of hydrogen-bond donors (Lipinski definition) is 1. The molecule has 116 valence electrons. The van der Waals surface area contributed by atoms with Crippen LogP contribution in [0.4, 0.5) is 10.5 Å². The molecule has 1 heterocycles. The van der Waals surface area contributed by atoms with Crippen molar-refractivity contribution in [3.63, 3.8) is 0 Å². The van der Waals surface area contributed by atoms with Crippen molar-refractivity contribution in [2.24, 2.45) is 0 Å². The minimum Gasteiger partial charge on any atom is -0.399 e. The number of hydrogen-bond acceptors (Lipinski definition) is 2. The van der Waals surface area contributed by atoms with Gasteiger partial charge in [-0.05, 0) is 37.0 Å². The van der Waals surface area contributed by atoms with Gasteiger partial charge in [-0.15, -0.1) is 0 Å². The van der Waals surface area contributed by atoms with Gasteiger partial charge in [0.15, 0.2) is 0 Å². The molecule has 4 heteroatoms. The Morgan fingerprint density at radius 2 is 1.76 bits per heavy atom. The molecule has 0 aliphatic carbocycles. The van der Waals surface area contributed by atoms with Crippen molar-refractivity contribution < 1.29 is 4.79 Å². The summed E-state index contributed by atoms with van der Waals surface area (Å²) in [6.07, 6.45) is 5.74. The van der Waals surface area contributed by atoms with E-state index in [1.54, 1.807) is 0 Å². The van der Waals surface area contributed by atoms with E-state index in [0.717, 1.165) is 50.1 Å². The lowest BCUT2D eigenvalue weighted by Gasteiger charge is -2.30. The molecule has 0 atom stereocenters. The van der Waals surface area contributed by atoms with Crippen LogP contribution in [0.2, 0.25) is 0 Å². The van der Waals surface area contributed by atoms with Crippen molar-refractivity contribution >= 4 is 11.7 Å². The number of nitrogen functional groups attached to an aromatic ring is 1. The van der Waals surface area contributed by atoms with Gasteiger partial charge in [0.05, 0.1) is 0 Å². The average molecular weight is 289 g/mol. The molecule has 0 saturated carbocycles. The highest BCUT2D eigenvalue weighted by atomic mass is 16.2. The molecule has 0 unspecified atom stereocenters. The molecule has 21 heavy (non-hydrogen) atoms. The number of nitrogens with zero attached hydrogens (tertiary/aromatic N) is 2. The first-order chi connectivity index (χ1) is 10.2. The van der Waals surface area contributed by atoms with Gasteiger partial charge in [-0.1, -0.05) is 31.9 Å². The normalized spacial score (nSPS) is 15.6. The van der Waals surface area contributed by atoms with E-state index in [4.69, 9.17) is 5.73 Å². The van der Waals surface area contributed by atoms with Crippen LogP contribution in [0.15, 0.2) is 24.3 Å². The van der Waals surface area contributed by atoms with Gasteiger partial charge in [-0.25, -0.2) is 4.79 Å². The van der Waals surface area contributed by atoms with E-state index in [2.05, 4.69) is 6.92 Å². The van der Waals surface area contributed by atoms with Crippen LogP contribution in [-0.2, 0) is 6.54 Å². The molecule has 4 nitrogen and oxygen atoms in total. The fourth-order valence-corrected chi connectivity index (χ4v) is 2.82. The van der Waals surface area contributed by atoms with E-state index in [9.17, 15) is 4.79 Å². The average Bonchev–Trinajstić information content (AvgIpc) is 2.77. The van der Waals surface area contributed by atoms with Gasteiger partial charge in [-0.3, -0.25) is 0 Å². The topological polar surface area (TPSA) is 49.6 Å². The summed E-state index contributed by atoms with van der Waals surface area (Å²) in [4.78, 5) is 16.7. The summed E-state index contributed by atoms with van der Waals surface area (Å²) in [5, 5.41) is 0. The van der Waals surface area contributed by atoms with Gasteiger partial charge in [0.25, 0.3) is 0 Å². The predicted octanol–water partition coefficient (Wildman–Crippen LogP) is 3.48. The second kappa shape index (κ2) is 7.91. The lowest BCUT2D eigenvalue weighted by Crippen LogP contribution is -2.43. The third kappa shape index (κ3) is 4.66. The van der Waals surface area contributed by atoms with E-state index in [1.165, 1.54) is 12.8 Å². The fraction of sp³-hybridized carbons (Fsp3) is 0.588. The maximum Gasteiger partial charge on any atom is 0.320 e. The van der Waals surface area contributed by atoms with E-state index in [1.807, 2.05) is 34.1 Å². The number of likely N-dealkylation sites (tertiary alicyclic amines) is 1. The standard InChI is InChI=1S/C17H27N3O/c1-2-11-20(14-15-7-9-16(18)10-8-15)17(21)19-12-5-3-4-6-13-19/h7-10H,2-6,11-14,18H2,1H3. The Labute approximate surface area is 127 Å². The van der Waals surface area contributed by atoms with Crippen molar-refractivity contribution in [1.82, 2.24) is 9.80 Å². The zero-order chi connectivity index (χ0) is 15.1. The number of anilines is 1. The highest BCUT2D eigenvalue weighted by molar-refractivity contribution is 5.74. The summed E-state index contributed by atoms with van der Waals surface area (Å²) in [6.45, 7) is 5.40. The summed E-state index contributed by atoms with van der Waals surface area (Å²) in [6, 6.07) is 8.00. The minimum absolute atomic E-state index is 0.190. The summed E-state index contributed by atoms with van der Waals surface area (Å²) in [7, 11) is 0. The first-order valence-corrected chi connectivity index (χ1v) is 8.09. The maximum absolute atomic E-state index is 12.7. The molecule has 2 N–H and O–H groups in total. The Morgan fingerprint density at radius 3 is 2.33 bits per heavy atom. The molecule has 1 aromatic carbocycles. The molecule has 1 saturated heterocycles. The molecule has 1 aromatic rings. The second-order valence-electron chi connectivity index (χ2n) is 5.85. The van der Waals surface area contributed by atoms with Crippen LogP contribution in [0.3, 0.4) is 0 Å². The zero-order valence-electron chi connectivity index (χ0n) is 13.1. The van der Waals surface area contributed by atoms with Crippen LogP contribution in [0, 0.1) is 0 Å². The van der Waals surface area contributed by atoms with Gasteiger partial charge in [-0.2, -0.15) is 0 Å². The SMILES string of the molecule is CCCN(Cc1ccc(N)cc1)C(=O)N1CCCCCC1. The predicted molar refractivity (Wildman–Crippen MR) is 87.0 cm³/mol. The lowest BCUT2D eigenvalue weighted by atomic mass is 10.2. The van der Waals surface area contributed by atoms with Crippen molar-refractivity contribution in [2.75, 3.05) is 25.4 Å². The molecule has 1 aliphatic heterocycles. The van der Waals surface area contributed by atoms with Gasteiger partial charge in [0.1, 0.15) is 0 Å². The third-order valence-corrected chi connectivity index (χ3v) is 3.99. The van der Waals surface area contributed by atoms with Crippen molar-refractivity contribution in [1.29, 1.82) is 0 Å². The molecule has 1 fully saturated rings. The minimum atomic E-state index is 0.190. The third-order valence-electron chi connectivity index (χ3n) is 3.99. The Hall–Kier alpha value is -1.71. The fourth-order valence-electron chi connectivity index (χ4n) is 2.82. The van der Waals surface area contributed by atoms with Gasteiger partial charge in [0, 0.05) is 31.9 Å². The molecule has 0 aromatic heterocycles. The molecule has 2 amide bonds. The number of rotatable bonds is 4. The lowest BCUT2D eigenvalue weighted by molar-refractivity contribution is 0.151. The Kier molecular flexibility index (Phi) is 5.90. The number of urea groups is 1. The molecule has 2 rings (SSSR count). The van der Waals surface area contributed by atoms with E-state index >= 15 is 0 Å². The first kappa shape index (κ1) is 15.7. The van der Waals surface area contributed by atoms with Gasteiger partial charge < -0.3 is 15.5 Å². The summed E-state index contributed by atoms with van der Waals surface area (Å²) in [5.74, 6) is 0. The van der Waals surface area contributed by atoms with Crippen LogP contribution >= 0.6 is 0 Å². The summed E-state index contributed by atoms with van der Waals surface area (Å²) < 4.78 is 0. The number of carbonyl (C=O) groups is 1. The molecule has 0 radical (unpaired) electrons. The maximum atomic E-state index is 12.7. The van der Waals surface area contributed by atoms with Crippen LogP contribution in [-0.4, -0.2) is 35.5 Å².